The Balaban J connectivity index is 2.44. The minimum atomic E-state index is -3.42. The number of benzene rings is 1. The summed E-state index contributed by atoms with van der Waals surface area (Å²) in [7, 11) is -1.73. The third-order valence-electron chi connectivity index (χ3n) is 3.96. The molecule has 2 N–H and O–H groups in total. The zero-order valence-electron chi connectivity index (χ0n) is 11.8. The van der Waals surface area contributed by atoms with E-state index in [2.05, 4.69) is 0 Å². The maximum Gasteiger partial charge on any atom is 0.243 e. The summed E-state index contributed by atoms with van der Waals surface area (Å²) in [6.45, 7) is 3.61. The molecule has 0 spiro atoms. The smallest absolute Gasteiger partial charge is 0.243 e. The van der Waals surface area contributed by atoms with Crippen LogP contribution in [0.25, 0.3) is 0 Å². The van der Waals surface area contributed by atoms with Crippen LogP contribution in [-0.2, 0) is 10.0 Å². The Bertz CT molecular complexity index is 552. The van der Waals surface area contributed by atoms with E-state index in [4.69, 9.17) is 5.73 Å². The quantitative estimate of drug-likeness (QED) is 0.866. The predicted molar refractivity (Wildman–Crippen MR) is 77.5 cm³/mol. The molecule has 1 aliphatic carbocycles. The van der Waals surface area contributed by atoms with E-state index in [1.807, 2.05) is 0 Å². The third-order valence-corrected chi connectivity index (χ3v) is 6.17. The van der Waals surface area contributed by atoms with E-state index in [0.29, 0.717) is 10.6 Å². The second-order valence-corrected chi connectivity index (χ2v) is 7.38. The van der Waals surface area contributed by atoms with Crippen LogP contribution in [0.15, 0.2) is 17.0 Å². The van der Waals surface area contributed by atoms with Gasteiger partial charge in [0.15, 0.2) is 0 Å². The number of hydrogen-bond acceptors (Lipinski definition) is 3. The van der Waals surface area contributed by atoms with Crippen LogP contribution < -0.4 is 5.73 Å². The first kappa shape index (κ1) is 14.3. The molecule has 0 unspecified atom stereocenters. The minimum Gasteiger partial charge on any atom is -0.399 e. The van der Waals surface area contributed by atoms with Crippen molar-refractivity contribution in [3.05, 3.63) is 23.3 Å². The van der Waals surface area contributed by atoms with Gasteiger partial charge >= 0.3 is 0 Å². The highest BCUT2D eigenvalue weighted by atomic mass is 32.2. The van der Waals surface area contributed by atoms with Crippen molar-refractivity contribution in [1.82, 2.24) is 4.31 Å². The van der Waals surface area contributed by atoms with Gasteiger partial charge in [0.1, 0.15) is 0 Å². The number of nitrogens with two attached hydrogens (primary N) is 1. The van der Waals surface area contributed by atoms with Gasteiger partial charge in [0.05, 0.1) is 4.90 Å². The molecule has 1 aliphatic rings. The first-order chi connectivity index (χ1) is 8.84. The Labute approximate surface area is 115 Å². The van der Waals surface area contributed by atoms with Crippen molar-refractivity contribution in [3.63, 3.8) is 0 Å². The van der Waals surface area contributed by atoms with Gasteiger partial charge in [0.25, 0.3) is 0 Å². The summed E-state index contributed by atoms with van der Waals surface area (Å²) in [5, 5.41) is 0. The van der Waals surface area contributed by atoms with Crippen molar-refractivity contribution in [3.8, 4) is 0 Å². The molecule has 106 valence electrons. The Morgan fingerprint density at radius 2 is 1.63 bits per heavy atom. The molecule has 4 nitrogen and oxygen atoms in total. The molecular weight excluding hydrogens is 260 g/mol. The lowest BCUT2D eigenvalue weighted by molar-refractivity contribution is 0.372. The van der Waals surface area contributed by atoms with Crippen LogP contribution in [-0.4, -0.2) is 25.8 Å². The Morgan fingerprint density at radius 1 is 1.16 bits per heavy atom. The van der Waals surface area contributed by atoms with Gasteiger partial charge in [0.2, 0.25) is 10.0 Å². The molecule has 1 fully saturated rings. The van der Waals surface area contributed by atoms with E-state index in [1.165, 1.54) is 0 Å². The van der Waals surface area contributed by atoms with Gasteiger partial charge < -0.3 is 5.73 Å². The van der Waals surface area contributed by atoms with Crippen LogP contribution in [0, 0.1) is 13.8 Å². The van der Waals surface area contributed by atoms with Crippen molar-refractivity contribution in [2.24, 2.45) is 0 Å². The van der Waals surface area contributed by atoms with E-state index in [9.17, 15) is 8.42 Å². The lowest BCUT2D eigenvalue weighted by Gasteiger charge is -2.25. The molecule has 0 heterocycles. The molecule has 0 aromatic heterocycles. The Kier molecular flexibility index (Phi) is 3.87. The molecule has 0 aliphatic heterocycles. The van der Waals surface area contributed by atoms with Crippen LogP contribution in [0.2, 0.25) is 0 Å². The summed E-state index contributed by atoms with van der Waals surface area (Å²) in [5.74, 6) is 0. The number of nitrogens with zero attached hydrogens (tertiary/aromatic N) is 1. The molecule has 1 saturated carbocycles. The maximum atomic E-state index is 12.8. The number of aryl methyl sites for hydroxylation is 2. The molecule has 0 amide bonds. The Hall–Kier alpha value is -1.07. The molecule has 0 saturated heterocycles. The summed E-state index contributed by atoms with van der Waals surface area (Å²) < 4.78 is 27.1. The molecule has 5 heteroatoms. The van der Waals surface area contributed by atoms with E-state index in [-0.39, 0.29) is 6.04 Å². The largest absolute Gasteiger partial charge is 0.399 e. The van der Waals surface area contributed by atoms with Crippen molar-refractivity contribution < 1.29 is 8.42 Å². The second kappa shape index (κ2) is 5.13. The monoisotopic (exact) mass is 282 g/mol. The molecule has 19 heavy (non-hydrogen) atoms. The highest BCUT2D eigenvalue weighted by molar-refractivity contribution is 7.89. The van der Waals surface area contributed by atoms with Gasteiger partial charge in [-0.1, -0.05) is 12.8 Å². The predicted octanol–water partition coefficient (Wildman–Crippen LogP) is 2.45. The van der Waals surface area contributed by atoms with Crippen LogP contribution in [0.3, 0.4) is 0 Å². The summed E-state index contributed by atoms with van der Waals surface area (Å²) in [6.07, 6.45) is 4.15. The van der Waals surface area contributed by atoms with Crippen molar-refractivity contribution >= 4 is 15.7 Å². The third kappa shape index (κ3) is 2.62. The van der Waals surface area contributed by atoms with Crippen molar-refractivity contribution in [2.75, 3.05) is 12.8 Å². The maximum absolute atomic E-state index is 12.8. The number of anilines is 1. The fourth-order valence-electron chi connectivity index (χ4n) is 3.00. The first-order valence-corrected chi connectivity index (χ1v) is 8.13. The van der Waals surface area contributed by atoms with E-state index >= 15 is 0 Å². The van der Waals surface area contributed by atoms with Crippen molar-refractivity contribution in [2.45, 2.75) is 50.5 Å². The van der Waals surface area contributed by atoms with Crippen LogP contribution in [0.4, 0.5) is 5.69 Å². The van der Waals surface area contributed by atoms with E-state index < -0.39 is 10.0 Å². The van der Waals surface area contributed by atoms with Gasteiger partial charge in [-0.3, -0.25) is 0 Å². The van der Waals surface area contributed by atoms with E-state index in [0.717, 1.165) is 36.8 Å². The normalized spacial score (nSPS) is 17.3. The number of sulfonamides is 1. The molecule has 2 rings (SSSR count). The first-order valence-electron chi connectivity index (χ1n) is 6.69. The van der Waals surface area contributed by atoms with Gasteiger partial charge in [-0.05, 0) is 49.9 Å². The molecule has 0 atom stereocenters. The minimum absolute atomic E-state index is 0.140. The molecule has 0 bridgehead atoms. The topological polar surface area (TPSA) is 63.4 Å². The average Bonchev–Trinajstić information content (AvgIpc) is 2.78. The summed E-state index contributed by atoms with van der Waals surface area (Å²) in [4.78, 5) is 0.413. The summed E-state index contributed by atoms with van der Waals surface area (Å²) in [5.41, 5.74) is 7.82. The number of hydrogen-bond donors (Lipinski definition) is 1. The van der Waals surface area contributed by atoms with Crippen molar-refractivity contribution in [1.29, 1.82) is 0 Å². The molecule has 1 aromatic rings. The lowest BCUT2D eigenvalue weighted by Crippen LogP contribution is -2.35. The standard InChI is InChI=1S/C14H22N2O2S/c1-10-8-12(15)9-11(2)14(10)19(17,18)16(3)13-6-4-5-7-13/h8-9,13H,4-7,15H2,1-3H3. The zero-order valence-corrected chi connectivity index (χ0v) is 12.6. The summed E-state index contributed by atoms with van der Waals surface area (Å²) >= 11 is 0. The second-order valence-electron chi connectivity index (χ2n) is 5.44. The zero-order chi connectivity index (χ0) is 14.2. The number of rotatable bonds is 3. The van der Waals surface area contributed by atoms with Crippen LogP contribution >= 0.6 is 0 Å². The highest BCUT2D eigenvalue weighted by Gasteiger charge is 2.31. The fourth-order valence-corrected chi connectivity index (χ4v) is 4.82. The van der Waals surface area contributed by atoms with Gasteiger partial charge in [-0.2, -0.15) is 4.31 Å². The summed E-state index contributed by atoms with van der Waals surface area (Å²) in [6, 6.07) is 3.59. The Morgan fingerprint density at radius 3 is 2.11 bits per heavy atom. The molecule has 1 aromatic carbocycles. The van der Waals surface area contributed by atoms with Gasteiger partial charge in [-0.25, -0.2) is 8.42 Å². The van der Waals surface area contributed by atoms with Crippen LogP contribution in [0.5, 0.6) is 0 Å². The van der Waals surface area contributed by atoms with Gasteiger partial charge in [-0.15, -0.1) is 0 Å². The van der Waals surface area contributed by atoms with E-state index in [1.54, 1.807) is 37.3 Å². The average molecular weight is 282 g/mol. The number of nitrogen functional groups attached to an aromatic ring is 1. The molecular formula is C14H22N2O2S. The fraction of sp³-hybridized carbons (Fsp3) is 0.571. The highest BCUT2D eigenvalue weighted by Crippen LogP contribution is 2.30. The SMILES string of the molecule is Cc1cc(N)cc(C)c1S(=O)(=O)N(C)C1CCCC1. The molecule has 0 radical (unpaired) electrons. The lowest BCUT2D eigenvalue weighted by atomic mass is 10.1. The van der Waals surface area contributed by atoms with Gasteiger partial charge in [0, 0.05) is 18.8 Å². The van der Waals surface area contributed by atoms with Crippen LogP contribution in [0.1, 0.15) is 36.8 Å².